The topological polar surface area (TPSA) is 63.9 Å². The minimum absolute atomic E-state index is 0. The van der Waals surface area contributed by atoms with E-state index in [4.69, 9.17) is 14.6 Å². The molecule has 3 rings (SSSR count). The van der Waals surface area contributed by atoms with Gasteiger partial charge in [-0.2, -0.15) is 5.10 Å². The van der Waals surface area contributed by atoms with Crippen molar-refractivity contribution < 1.29 is 9.47 Å². The van der Waals surface area contributed by atoms with Crippen LogP contribution in [0.15, 0.2) is 35.3 Å². The number of piperidine rings is 1. The van der Waals surface area contributed by atoms with E-state index in [0.29, 0.717) is 6.10 Å². The summed E-state index contributed by atoms with van der Waals surface area (Å²) in [5.74, 6) is 0.951. The molecule has 0 saturated carbocycles. The minimum Gasteiger partial charge on any atom is -0.385 e. The smallest absolute Gasteiger partial charge is 0.193 e. The molecule has 1 aromatic carbocycles. The third-order valence-electron chi connectivity index (χ3n) is 5.93. The molecule has 0 atom stereocenters. The lowest BCUT2D eigenvalue weighted by Crippen LogP contribution is -2.46. The number of ether oxygens (including phenoxy) is 2. The van der Waals surface area contributed by atoms with Crippen LogP contribution in [-0.2, 0) is 22.6 Å². The molecule has 178 valence electrons. The molecule has 1 fully saturated rings. The maximum absolute atomic E-state index is 5.98. The van der Waals surface area contributed by atoms with Crippen molar-refractivity contribution in [1.29, 1.82) is 0 Å². The van der Waals surface area contributed by atoms with Gasteiger partial charge in [-0.15, -0.1) is 24.0 Å². The number of likely N-dealkylation sites (tertiary alicyclic amines) is 1. The summed E-state index contributed by atoms with van der Waals surface area (Å²) in [5.41, 5.74) is 4.77. The number of hydrogen-bond donors (Lipinski definition) is 1. The number of aromatic nitrogens is 2. The Morgan fingerprint density at radius 3 is 2.53 bits per heavy atom. The molecule has 1 aliphatic heterocycles. The van der Waals surface area contributed by atoms with E-state index < -0.39 is 0 Å². The van der Waals surface area contributed by atoms with Gasteiger partial charge in [-0.25, -0.2) is 0 Å². The first-order chi connectivity index (χ1) is 15.1. The van der Waals surface area contributed by atoms with Gasteiger partial charge in [0.15, 0.2) is 5.96 Å². The Labute approximate surface area is 209 Å². The van der Waals surface area contributed by atoms with Gasteiger partial charge in [0.1, 0.15) is 0 Å². The van der Waals surface area contributed by atoms with Gasteiger partial charge in [0.25, 0.3) is 0 Å². The quantitative estimate of drug-likeness (QED) is 0.221. The Kier molecular flexibility index (Phi) is 11.5. The van der Waals surface area contributed by atoms with Crippen molar-refractivity contribution in [2.45, 2.75) is 52.3 Å². The zero-order chi connectivity index (χ0) is 22.1. The lowest BCUT2D eigenvalue weighted by molar-refractivity contribution is 0.00989. The molecule has 1 aromatic heterocycles. The predicted octanol–water partition coefficient (Wildman–Crippen LogP) is 3.76. The van der Waals surface area contributed by atoms with E-state index >= 15 is 0 Å². The number of nitrogens with one attached hydrogen (secondary N) is 1. The molecule has 2 aromatic rings. The number of hydrogen-bond acceptors (Lipinski definition) is 4. The number of aryl methyl sites for hydroxylation is 1. The Bertz CT molecular complexity index is 832. The molecule has 0 unspecified atom stereocenters. The number of guanidine groups is 1. The van der Waals surface area contributed by atoms with Crippen LogP contribution in [0.4, 0.5) is 0 Å². The van der Waals surface area contributed by atoms with Crippen molar-refractivity contribution in [3.63, 3.8) is 0 Å². The van der Waals surface area contributed by atoms with Crippen molar-refractivity contribution in [2.75, 3.05) is 40.5 Å². The zero-order valence-corrected chi connectivity index (χ0v) is 22.2. The fraction of sp³-hybridized carbons (Fsp3) is 0.583. The Morgan fingerprint density at radius 1 is 1.16 bits per heavy atom. The number of halogens is 1. The van der Waals surface area contributed by atoms with Crippen LogP contribution in [-0.4, -0.2) is 67.2 Å². The average molecular weight is 556 g/mol. The maximum Gasteiger partial charge on any atom is 0.193 e. The van der Waals surface area contributed by atoms with Crippen LogP contribution in [0, 0.1) is 13.8 Å². The molecule has 0 amide bonds. The third kappa shape index (κ3) is 7.45. The average Bonchev–Trinajstić information content (AvgIpc) is 3.06. The molecule has 0 bridgehead atoms. The molecule has 8 heteroatoms. The third-order valence-corrected chi connectivity index (χ3v) is 5.93. The molecule has 1 N–H and O–H groups in total. The number of aliphatic imine (C=N–C) groups is 1. The fourth-order valence-electron chi connectivity index (χ4n) is 4.09. The van der Waals surface area contributed by atoms with Gasteiger partial charge in [-0.1, -0.05) is 30.3 Å². The second kappa shape index (κ2) is 13.8. The summed E-state index contributed by atoms with van der Waals surface area (Å²) >= 11 is 0. The van der Waals surface area contributed by atoms with Crippen LogP contribution in [0.25, 0.3) is 0 Å². The van der Waals surface area contributed by atoms with Crippen LogP contribution in [0.1, 0.15) is 41.8 Å². The summed E-state index contributed by atoms with van der Waals surface area (Å²) < 4.78 is 13.2. The molecule has 0 spiro atoms. The van der Waals surface area contributed by atoms with E-state index in [2.05, 4.69) is 58.0 Å². The van der Waals surface area contributed by atoms with Crippen LogP contribution >= 0.6 is 24.0 Å². The number of methoxy groups -OCH3 is 1. The van der Waals surface area contributed by atoms with Gasteiger partial charge in [-0.05, 0) is 38.7 Å². The lowest BCUT2D eigenvalue weighted by Gasteiger charge is -2.34. The Hall–Kier alpha value is -1.65. The van der Waals surface area contributed by atoms with Crippen LogP contribution < -0.4 is 5.32 Å². The van der Waals surface area contributed by atoms with E-state index in [1.165, 1.54) is 16.8 Å². The maximum atomic E-state index is 5.98. The molecular weight excluding hydrogens is 517 g/mol. The van der Waals surface area contributed by atoms with E-state index in [9.17, 15) is 0 Å². The highest BCUT2D eigenvalue weighted by molar-refractivity contribution is 14.0. The van der Waals surface area contributed by atoms with E-state index in [-0.39, 0.29) is 24.0 Å². The Morgan fingerprint density at radius 2 is 1.88 bits per heavy atom. The van der Waals surface area contributed by atoms with Crippen LogP contribution in [0.2, 0.25) is 0 Å². The predicted molar refractivity (Wildman–Crippen MR) is 140 cm³/mol. The summed E-state index contributed by atoms with van der Waals surface area (Å²) in [6.45, 7) is 9.20. The summed E-state index contributed by atoms with van der Waals surface area (Å²) in [5, 5.41) is 8.33. The van der Waals surface area contributed by atoms with Gasteiger partial charge >= 0.3 is 0 Å². The van der Waals surface area contributed by atoms with Crippen molar-refractivity contribution in [3.05, 3.63) is 52.8 Å². The zero-order valence-electron chi connectivity index (χ0n) is 19.8. The molecule has 2 heterocycles. The van der Waals surface area contributed by atoms with E-state index in [1.807, 2.05) is 13.1 Å². The summed E-state index contributed by atoms with van der Waals surface area (Å²) in [7, 11) is 3.59. The SMILES string of the molecule is CN=C(NCc1c(C)nn(Cc2ccccc2)c1C)N1CCC(OCCCOC)CC1.I. The highest BCUT2D eigenvalue weighted by atomic mass is 127. The number of benzene rings is 1. The fourth-order valence-corrected chi connectivity index (χ4v) is 4.09. The highest BCUT2D eigenvalue weighted by Gasteiger charge is 2.22. The molecular formula is C24H38IN5O2. The molecule has 0 aliphatic carbocycles. The van der Waals surface area contributed by atoms with Gasteiger partial charge < -0.3 is 19.7 Å². The first-order valence-electron chi connectivity index (χ1n) is 11.2. The number of rotatable bonds is 9. The largest absolute Gasteiger partial charge is 0.385 e. The standard InChI is InChI=1S/C24H37N5O2.HI/c1-19-23(20(2)29(27-19)18-21-9-6-5-7-10-21)17-26-24(25-3)28-13-11-22(12-14-28)31-16-8-15-30-4;/h5-7,9-10,22H,8,11-18H2,1-4H3,(H,25,26);1H. The number of nitrogens with zero attached hydrogens (tertiary/aromatic N) is 4. The second-order valence-corrected chi connectivity index (χ2v) is 8.10. The molecule has 1 saturated heterocycles. The normalized spacial score (nSPS) is 15.0. The first kappa shape index (κ1) is 26.6. The van der Waals surface area contributed by atoms with Crippen LogP contribution in [0.3, 0.4) is 0 Å². The van der Waals surface area contributed by atoms with Gasteiger partial charge in [-0.3, -0.25) is 9.67 Å². The highest BCUT2D eigenvalue weighted by Crippen LogP contribution is 2.17. The van der Waals surface area contributed by atoms with Gasteiger partial charge in [0.05, 0.1) is 18.3 Å². The molecule has 0 radical (unpaired) electrons. The van der Waals surface area contributed by atoms with Crippen LogP contribution in [0.5, 0.6) is 0 Å². The van der Waals surface area contributed by atoms with Gasteiger partial charge in [0.2, 0.25) is 0 Å². The Balaban J connectivity index is 0.00000363. The molecule has 32 heavy (non-hydrogen) atoms. The first-order valence-corrected chi connectivity index (χ1v) is 11.2. The van der Waals surface area contributed by atoms with E-state index in [1.54, 1.807) is 7.11 Å². The van der Waals surface area contributed by atoms with E-state index in [0.717, 1.165) is 70.3 Å². The summed E-state index contributed by atoms with van der Waals surface area (Å²) in [6.07, 6.45) is 3.35. The summed E-state index contributed by atoms with van der Waals surface area (Å²) in [6, 6.07) is 10.5. The van der Waals surface area contributed by atoms with Crippen molar-refractivity contribution in [3.8, 4) is 0 Å². The van der Waals surface area contributed by atoms with Crippen molar-refractivity contribution >= 4 is 29.9 Å². The minimum atomic E-state index is 0. The molecule has 1 aliphatic rings. The second-order valence-electron chi connectivity index (χ2n) is 8.10. The summed E-state index contributed by atoms with van der Waals surface area (Å²) in [4.78, 5) is 6.85. The van der Waals surface area contributed by atoms with Gasteiger partial charge in [0, 0.05) is 58.3 Å². The van der Waals surface area contributed by atoms with Crippen molar-refractivity contribution in [2.24, 2.45) is 4.99 Å². The molecule has 7 nitrogen and oxygen atoms in total. The van der Waals surface area contributed by atoms with Crippen molar-refractivity contribution in [1.82, 2.24) is 20.0 Å². The monoisotopic (exact) mass is 555 g/mol. The lowest BCUT2D eigenvalue weighted by atomic mass is 10.1.